The number of H-pyrrole nitrogens is 1. The Kier molecular flexibility index (Phi) is 2.96. The number of nitrogens with zero attached hydrogens (tertiary/aromatic N) is 4. The molecule has 18 heavy (non-hydrogen) atoms. The largest absolute Gasteiger partial charge is 0.347 e. The molecular formula is C13H17N5. The van der Waals surface area contributed by atoms with Crippen LogP contribution in [0.15, 0.2) is 24.8 Å². The molecular weight excluding hydrogens is 226 g/mol. The third-order valence-corrected chi connectivity index (χ3v) is 3.42. The number of nitrogens with one attached hydrogen (secondary N) is 1. The average molecular weight is 243 g/mol. The van der Waals surface area contributed by atoms with Gasteiger partial charge >= 0.3 is 0 Å². The fraction of sp³-hybridized carbons (Fsp3) is 0.462. The standard InChI is InChI=1S/C13H17N5/c1-10-8-12(17-9-16-10)18-7-3-2-4-11(18)13-14-5-6-15-13/h5-6,8-9,11H,2-4,7H2,1H3,(H,14,15). The van der Waals surface area contributed by atoms with Crippen molar-refractivity contribution >= 4 is 5.82 Å². The van der Waals surface area contributed by atoms with Gasteiger partial charge < -0.3 is 9.88 Å². The fourth-order valence-corrected chi connectivity index (χ4v) is 2.55. The van der Waals surface area contributed by atoms with Gasteiger partial charge in [0.05, 0.1) is 6.04 Å². The lowest BCUT2D eigenvalue weighted by Gasteiger charge is -2.35. The van der Waals surface area contributed by atoms with Gasteiger partial charge in [0, 0.05) is 30.7 Å². The number of imidazole rings is 1. The van der Waals surface area contributed by atoms with Crippen LogP contribution in [0.4, 0.5) is 5.82 Å². The maximum absolute atomic E-state index is 4.40. The molecule has 3 rings (SSSR count). The topological polar surface area (TPSA) is 57.7 Å². The Morgan fingerprint density at radius 2 is 2.22 bits per heavy atom. The molecule has 0 spiro atoms. The summed E-state index contributed by atoms with van der Waals surface area (Å²) >= 11 is 0. The predicted octanol–water partition coefficient (Wildman–Crippen LogP) is 2.24. The van der Waals surface area contributed by atoms with Crippen molar-refractivity contribution in [3.05, 3.63) is 36.3 Å². The van der Waals surface area contributed by atoms with Crippen molar-refractivity contribution in [1.29, 1.82) is 0 Å². The lowest BCUT2D eigenvalue weighted by Crippen LogP contribution is -2.34. The van der Waals surface area contributed by atoms with Gasteiger partial charge in [0.2, 0.25) is 0 Å². The summed E-state index contributed by atoms with van der Waals surface area (Å²) in [6.07, 6.45) is 8.90. The fourth-order valence-electron chi connectivity index (χ4n) is 2.55. The third-order valence-electron chi connectivity index (χ3n) is 3.42. The molecule has 1 atom stereocenters. The second-order valence-electron chi connectivity index (χ2n) is 4.70. The van der Waals surface area contributed by atoms with E-state index in [1.165, 1.54) is 12.8 Å². The summed E-state index contributed by atoms with van der Waals surface area (Å²) in [6, 6.07) is 2.35. The Morgan fingerprint density at radius 1 is 1.28 bits per heavy atom. The molecule has 3 heterocycles. The molecule has 5 nitrogen and oxygen atoms in total. The van der Waals surface area contributed by atoms with Crippen LogP contribution < -0.4 is 4.90 Å². The van der Waals surface area contributed by atoms with Gasteiger partial charge in [0.1, 0.15) is 18.0 Å². The van der Waals surface area contributed by atoms with E-state index >= 15 is 0 Å². The summed E-state index contributed by atoms with van der Waals surface area (Å²) in [4.78, 5) is 18.5. The van der Waals surface area contributed by atoms with Gasteiger partial charge in [0.25, 0.3) is 0 Å². The highest BCUT2D eigenvalue weighted by molar-refractivity contribution is 5.41. The van der Waals surface area contributed by atoms with Crippen LogP contribution in [-0.2, 0) is 0 Å². The monoisotopic (exact) mass is 243 g/mol. The van der Waals surface area contributed by atoms with Crippen LogP contribution in [0.2, 0.25) is 0 Å². The van der Waals surface area contributed by atoms with Crippen molar-refractivity contribution in [3.63, 3.8) is 0 Å². The van der Waals surface area contributed by atoms with Crippen molar-refractivity contribution in [1.82, 2.24) is 19.9 Å². The van der Waals surface area contributed by atoms with Gasteiger partial charge in [-0.3, -0.25) is 0 Å². The van der Waals surface area contributed by atoms with E-state index in [4.69, 9.17) is 0 Å². The maximum atomic E-state index is 4.40. The quantitative estimate of drug-likeness (QED) is 0.878. The van der Waals surface area contributed by atoms with Crippen LogP contribution in [0, 0.1) is 6.92 Å². The molecule has 1 N–H and O–H groups in total. The predicted molar refractivity (Wildman–Crippen MR) is 69.3 cm³/mol. The van der Waals surface area contributed by atoms with E-state index in [2.05, 4.69) is 24.8 Å². The van der Waals surface area contributed by atoms with E-state index in [9.17, 15) is 0 Å². The lowest BCUT2D eigenvalue weighted by atomic mass is 10.0. The van der Waals surface area contributed by atoms with Crippen LogP contribution in [0.1, 0.15) is 36.8 Å². The van der Waals surface area contributed by atoms with Crippen molar-refractivity contribution < 1.29 is 0 Å². The van der Waals surface area contributed by atoms with Crippen LogP contribution in [0.5, 0.6) is 0 Å². The molecule has 0 bridgehead atoms. The number of anilines is 1. The van der Waals surface area contributed by atoms with E-state index < -0.39 is 0 Å². The van der Waals surface area contributed by atoms with E-state index in [-0.39, 0.29) is 0 Å². The second kappa shape index (κ2) is 4.76. The van der Waals surface area contributed by atoms with Crippen LogP contribution in [0.3, 0.4) is 0 Å². The first-order chi connectivity index (χ1) is 8.84. The molecule has 0 radical (unpaired) electrons. The third kappa shape index (κ3) is 2.08. The molecule has 1 aliphatic heterocycles. The number of rotatable bonds is 2. The highest BCUT2D eigenvalue weighted by Gasteiger charge is 2.26. The number of piperidine rings is 1. The van der Waals surface area contributed by atoms with E-state index in [0.29, 0.717) is 6.04 Å². The summed E-state index contributed by atoms with van der Waals surface area (Å²) in [5, 5.41) is 0. The molecule has 2 aromatic heterocycles. The molecule has 0 amide bonds. The Hall–Kier alpha value is -1.91. The minimum atomic E-state index is 0.308. The minimum Gasteiger partial charge on any atom is -0.347 e. The second-order valence-corrected chi connectivity index (χ2v) is 4.70. The summed E-state index contributed by atoms with van der Waals surface area (Å²) in [5.74, 6) is 2.04. The normalized spacial score (nSPS) is 20.1. The molecule has 1 unspecified atom stereocenters. The first kappa shape index (κ1) is 11.2. The number of aryl methyl sites for hydroxylation is 1. The van der Waals surface area contributed by atoms with Crippen molar-refractivity contribution in [2.45, 2.75) is 32.2 Å². The molecule has 2 aromatic rings. The van der Waals surface area contributed by atoms with Crippen molar-refractivity contribution in [2.75, 3.05) is 11.4 Å². The first-order valence-corrected chi connectivity index (χ1v) is 6.39. The number of aromatic amines is 1. The van der Waals surface area contributed by atoms with E-state index in [0.717, 1.165) is 30.3 Å². The summed E-state index contributed by atoms with van der Waals surface area (Å²) in [6.45, 7) is 3.03. The Bertz CT molecular complexity index is 508. The summed E-state index contributed by atoms with van der Waals surface area (Å²) in [7, 11) is 0. The number of hydrogen-bond donors (Lipinski definition) is 1. The maximum Gasteiger partial charge on any atom is 0.132 e. The first-order valence-electron chi connectivity index (χ1n) is 6.39. The van der Waals surface area contributed by atoms with Crippen molar-refractivity contribution in [3.8, 4) is 0 Å². The van der Waals surface area contributed by atoms with Crippen LogP contribution in [-0.4, -0.2) is 26.5 Å². The van der Waals surface area contributed by atoms with E-state index in [1.54, 1.807) is 6.33 Å². The Balaban J connectivity index is 1.93. The van der Waals surface area contributed by atoms with Crippen molar-refractivity contribution in [2.24, 2.45) is 0 Å². The van der Waals surface area contributed by atoms with Gasteiger partial charge in [-0.1, -0.05) is 0 Å². The summed E-state index contributed by atoms with van der Waals surface area (Å²) < 4.78 is 0. The smallest absolute Gasteiger partial charge is 0.132 e. The zero-order chi connectivity index (χ0) is 12.4. The molecule has 0 aliphatic carbocycles. The van der Waals surface area contributed by atoms with Gasteiger partial charge in [0.15, 0.2) is 0 Å². The lowest BCUT2D eigenvalue weighted by molar-refractivity contribution is 0.455. The van der Waals surface area contributed by atoms with E-state index in [1.807, 2.05) is 25.4 Å². The SMILES string of the molecule is Cc1cc(N2CCCCC2c2ncc[nH]2)ncn1. The minimum absolute atomic E-state index is 0.308. The van der Waals surface area contributed by atoms with Crippen LogP contribution >= 0.6 is 0 Å². The highest BCUT2D eigenvalue weighted by atomic mass is 15.2. The molecule has 5 heteroatoms. The Morgan fingerprint density at radius 3 is 3.00 bits per heavy atom. The molecule has 0 saturated carbocycles. The zero-order valence-electron chi connectivity index (χ0n) is 10.5. The number of aromatic nitrogens is 4. The zero-order valence-corrected chi connectivity index (χ0v) is 10.5. The molecule has 1 aliphatic rings. The molecule has 1 fully saturated rings. The molecule has 94 valence electrons. The Labute approximate surface area is 106 Å². The summed E-state index contributed by atoms with van der Waals surface area (Å²) in [5.41, 5.74) is 1.00. The van der Waals surface area contributed by atoms with Gasteiger partial charge in [-0.25, -0.2) is 15.0 Å². The van der Waals surface area contributed by atoms with Gasteiger partial charge in [-0.2, -0.15) is 0 Å². The average Bonchev–Trinajstić information content (AvgIpc) is 2.92. The molecule has 0 aromatic carbocycles. The van der Waals surface area contributed by atoms with Gasteiger partial charge in [-0.15, -0.1) is 0 Å². The number of hydrogen-bond acceptors (Lipinski definition) is 4. The van der Waals surface area contributed by atoms with Gasteiger partial charge in [-0.05, 0) is 26.2 Å². The van der Waals surface area contributed by atoms with Crippen LogP contribution in [0.25, 0.3) is 0 Å². The highest BCUT2D eigenvalue weighted by Crippen LogP contribution is 2.32. The molecule has 1 saturated heterocycles.